The van der Waals surface area contributed by atoms with Crippen LogP contribution in [0, 0.1) is 5.92 Å². The minimum absolute atomic E-state index is 0.0238. The number of nitrogens with one attached hydrogen (secondary N) is 1. The Balaban J connectivity index is 2.62. The predicted octanol–water partition coefficient (Wildman–Crippen LogP) is 1.65. The standard InChI is InChI=1S/C12H25NO3S/c1-10(2)12(8-9-14)13-17(15,16)11-6-4-3-5-7-11/h10-14H,3-9H2,1-2H3. The van der Waals surface area contributed by atoms with E-state index in [2.05, 4.69) is 4.72 Å². The van der Waals surface area contributed by atoms with Crippen molar-refractivity contribution in [1.82, 2.24) is 4.72 Å². The Bertz CT molecular complexity index is 308. The fraction of sp³-hybridized carbons (Fsp3) is 1.00. The van der Waals surface area contributed by atoms with Crippen LogP contribution in [-0.2, 0) is 10.0 Å². The van der Waals surface area contributed by atoms with Gasteiger partial charge in [0.25, 0.3) is 0 Å². The highest BCUT2D eigenvalue weighted by atomic mass is 32.2. The number of aliphatic hydroxyl groups excluding tert-OH is 1. The zero-order valence-corrected chi connectivity index (χ0v) is 11.7. The van der Waals surface area contributed by atoms with Gasteiger partial charge >= 0.3 is 0 Å². The molecule has 17 heavy (non-hydrogen) atoms. The van der Waals surface area contributed by atoms with E-state index >= 15 is 0 Å². The van der Waals surface area contributed by atoms with Gasteiger partial charge in [-0.15, -0.1) is 0 Å². The highest BCUT2D eigenvalue weighted by Gasteiger charge is 2.29. The molecule has 0 spiro atoms. The summed E-state index contributed by atoms with van der Waals surface area (Å²) >= 11 is 0. The van der Waals surface area contributed by atoms with Gasteiger partial charge in [0.1, 0.15) is 0 Å². The van der Waals surface area contributed by atoms with Crippen LogP contribution in [0.15, 0.2) is 0 Å². The van der Waals surface area contributed by atoms with Crippen molar-refractivity contribution in [3.05, 3.63) is 0 Å². The average molecular weight is 263 g/mol. The monoisotopic (exact) mass is 263 g/mol. The zero-order chi connectivity index (χ0) is 12.9. The van der Waals surface area contributed by atoms with Crippen molar-refractivity contribution in [1.29, 1.82) is 0 Å². The van der Waals surface area contributed by atoms with E-state index in [4.69, 9.17) is 5.11 Å². The highest BCUT2D eigenvalue weighted by molar-refractivity contribution is 7.90. The lowest BCUT2D eigenvalue weighted by Gasteiger charge is -2.27. The Morgan fingerprint density at radius 3 is 2.29 bits per heavy atom. The Morgan fingerprint density at radius 1 is 1.24 bits per heavy atom. The summed E-state index contributed by atoms with van der Waals surface area (Å²) in [5.41, 5.74) is 0. The second-order valence-electron chi connectivity index (χ2n) is 5.29. The minimum atomic E-state index is -3.21. The van der Waals surface area contributed by atoms with E-state index in [0.29, 0.717) is 6.42 Å². The number of hydrogen-bond donors (Lipinski definition) is 2. The molecule has 1 aliphatic carbocycles. The lowest BCUT2D eigenvalue weighted by atomic mass is 10.0. The molecule has 1 saturated carbocycles. The van der Waals surface area contributed by atoms with Crippen LogP contribution in [0.2, 0.25) is 0 Å². The third-order valence-corrected chi connectivity index (χ3v) is 5.53. The summed E-state index contributed by atoms with van der Waals surface area (Å²) in [6, 6.07) is -0.146. The molecule has 0 amide bonds. The molecule has 0 radical (unpaired) electrons. The molecule has 1 fully saturated rings. The molecule has 0 aromatic carbocycles. The molecule has 1 aliphatic rings. The summed E-state index contributed by atoms with van der Waals surface area (Å²) in [6.07, 6.45) is 5.22. The van der Waals surface area contributed by atoms with Gasteiger partial charge < -0.3 is 5.11 Å². The van der Waals surface area contributed by atoms with Gasteiger partial charge in [0.2, 0.25) is 10.0 Å². The fourth-order valence-electron chi connectivity index (χ4n) is 2.35. The van der Waals surface area contributed by atoms with E-state index in [9.17, 15) is 8.42 Å². The summed E-state index contributed by atoms with van der Waals surface area (Å²) in [6.45, 7) is 3.98. The molecule has 1 atom stereocenters. The summed E-state index contributed by atoms with van der Waals surface area (Å²) < 4.78 is 27.1. The Labute approximate surface area is 105 Å². The Hall–Kier alpha value is -0.130. The van der Waals surface area contributed by atoms with Crippen LogP contribution < -0.4 is 4.72 Å². The van der Waals surface area contributed by atoms with Gasteiger partial charge in [0, 0.05) is 12.6 Å². The second-order valence-corrected chi connectivity index (χ2v) is 7.28. The van der Waals surface area contributed by atoms with Crippen LogP contribution in [0.25, 0.3) is 0 Å². The highest BCUT2D eigenvalue weighted by Crippen LogP contribution is 2.24. The first-order valence-electron chi connectivity index (χ1n) is 6.59. The van der Waals surface area contributed by atoms with Crippen molar-refractivity contribution in [2.24, 2.45) is 5.92 Å². The van der Waals surface area contributed by atoms with Crippen molar-refractivity contribution in [3.63, 3.8) is 0 Å². The van der Waals surface area contributed by atoms with Gasteiger partial charge in [-0.05, 0) is 25.2 Å². The molecule has 2 N–H and O–H groups in total. The molecule has 1 rings (SSSR count). The molecule has 0 aliphatic heterocycles. The molecule has 1 unspecified atom stereocenters. The third kappa shape index (κ3) is 4.56. The first-order chi connectivity index (χ1) is 7.97. The topological polar surface area (TPSA) is 66.4 Å². The maximum atomic E-state index is 12.2. The lowest BCUT2D eigenvalue weighted by molar-refractivity contribution is 0.255. The van der Waals surface area contributed by atoms with Gasteiger partial charge in [0.05, 0.1) is 5.25 Å². The molecule has 0 heterocycles. The van der Waals surface area contributed by atoms with Crippen molar-refractivity contribution < 1.29 is 13.5 Å². The summed E-state index contributed by atoms with van der Waals surface area (Å²) in [5, 5.41) is 8.73. The normalized spacial score (nSPS) is 20.7. The molecule has 5 heteroatoms. The van der Waals surface area contributed by atoms with Crippen molar-refractivity contribution >= 4 is 10.0 Å². The molecule has 0 bridgehead atoms. The van der Waals surface area contributed by atoms with Crippen molar-refractivity contribution in [3.8, 4) is 0 Å². The maximum absolute atomic E-state index is 12.2. The first-order valence-corrected chi connectivity index (χ1v) is 8.14. The number of rotatable bonds is 6. The molecule has 102 valence electrons. The summed E-state index contributed by atoms with van der Waals surface area (Å²) in [4.78, 5) is 0. The van der Waals surface area contributed by atoms with Crippen LogP contribution in [0.3, 0.4) is 0 Å². The first kappa shape index (κ1) is 14.9. The largest absolute Gasteiger partial charge is 0.396 e. The van der Waals surface area contributed by atoms with Crippen LogP contribution in [0.4, 0.5) is 0 Å². The van der Waals surface area contributed by atoms with E-state index in [1.54, 1.807) is 0 Å². The van der Waals surface area contributed by atoms with Crippen molar-refractivity contribution in [2.45, 2.75) is 63.7 Å². The number of sulfonamides is 1. The van der Waals surface area contributed by atoms with E-state index in [1.807, 2.05) is 13.8 Å². The molecule has 0 saturated heterocycles. The average Bonchev–Trinajstić information content (AvgIpc) is 2.29. The summed E-state index contributed by atoms with van der Waals surface area (Å²) in [7, 11) is -3.21. The molecule has 0 aromatic rings. The predicted molar refractivity (Wildman–Crippen MR) is 69.3 cm³/mol. The van der Waals surface area contributed by atoms with Gasteiger partial charge in [-0.2, -0.15) is 0 Å². The Morgan fingerprint density at radius 2 is 1.82 bits per heavy atom. The second kappa shape index (κ2) is 6.71. The maximum Gasteiger partial charge on any atom is 0.214 e. The van der Waals surface area contributed by atoms with E-state index < -0.39 is 10.0 Å². The van der Waals surface area contributed by atoms with Crippen LogP contribution in [0.1, 0.15) is 52.4 Å². The minimum Gasteiger partial charge on any atom is -0.396 e. The molecule has 4 nitrogen and oxygen atoms in total. The van der Waals surface area contributed by atoms with Crippen molar-refractivity contribution in [2.75, 3.05) is 6.61 Å². The lowest BCUT2D eigenvalue weighted by Crippen LogP contribution is -2.44. The molecular weight excluding hydrogens is 238 g/mol. The summed E-state index contributed by atoms with van der Waals surface area (Å²) in [5.74, 6) is 0.209. The number of hydrogen-bond acceptors (Lipinski definition) is 3. The van der Waals surface area contributed by atoms with Crippen LogP contribution in [-0.4, -0.2) is 31.4 Å². The molecule has 0 aromatic heterocycles. The van der Waals surface area contributed by atoms with Crippen LogP contribution >= 0.6 is 0 Å². The van der Waals surface area contributed by atoms with E-state index in [0.717, 1.165) is 32.1 Å². The third-order valence-electron chi connectivity index (χ3n) is 3.55. The van der Waals surface area contributed by atoms with Gasteiger partial charge in [0.15, 0.2) is 0 Å². The van der Waals surface area contributed by atoms with Gasteiger partial charge in [-0.25, -0.2) is 13.1 Å². The van der Waals surface area contributed by atoms with E-state index in [-0.39, 0.29) is 23.8 Å². The smallest absolute Gasteiger partial charge is 0.214 e. The number of aliphatic hydroxyl groups is 1. The zero-order valence-electron chi connectivity index (χ0n) is 10.9. The quantitative estimate of drug-likeness (QED) is 0.765. The van der Waals surface area contributed by atoms with Gasteiger partial charge in [-0.3, -0.25) is 0 Å². The fourth-order valence-corrected chi connectivity index (χ4v) is 4.31. The SMILES string of the molecule is CC(C)C(CCO)NS(=O)(=O)C1CCCCC1. The van der Waals surface area contributed by atoms with E-state index in [1.165, 1.54) is 0 Å². The van der Waals surface area contributed by atoms with Crippen LogP contribution in [0.5, 0.6) is 0 Å². The van der Waals surface area contributed by atoms with Gasteiger partial charge in [-0.1, -0.05) is 33.1 Å². The Kier molecular flexibility index (Phi) is 5.89. The molecular formula is C12H25NO3S.